The summed E-state index contributed by atoms with van der Waals surface area (Å²) in [5.74, 6) is -0.583. The van der Waals surface area contributed by atoms with Crippen molar-refractivity contribution in [2.75, 3.05) is 0 Å². The SMILES string of the molecule is Cc1cc(C(C(=O)c2ccccc2)S(N)(=O)=O)n(-c2ccccc2)n1. The number of carbonyl (C=O) groups excluding carboxylic acids is 1. The van der Waals surface area contributed by atoms with Crippen molar-refractivity contribution in [2.45, 2.75) is 12.2 Å². The summed E-state index contributed by atoms with van der Waals surface area (Å²) in [5.41, 5.74) is 1.74. The highest BCUT2D eigenvalue weighted by atomic mass is 32.2. The molecule has 0 fully saturated rings. The molecular weight excluding hydrogens is 338 g/mol. The zero-order chi connectivity index (χ0) is 18.0. The van der Waals surface area contributed by atoms with Gasteiger partial charge >= 0.3 is 0 Å². The van der Waals surface area contributed by atoms with Gasteiger partial charge < -0.3 is 0 Å². The minimum absolute atomic E-state index is 0.222. The fourth-order valence-corrected chi connectivity index (χ4v) is 3.63. The van der Waals surface area contributed by atoms with Crippen LogP contribution in [0.1, 0.15) is 27.0 Å². The van der Waals surface area contributed by atoms with Crippen molar-refractivity contribution in [2.24, 2.45) is 5.14 Å². The summed E-state index contributed by atoms with van der Waals surface area (Å²) in [4.78, 5) is 12.9. The van der Waals surface area contributed by atoms with Crippen molar-refractivity contribution in [3.63, 3.8) is 0 Å². The normalized spacial score (nSPS) is 12.7. The molecule has 0 aliphatic carbocycles. The van der Waals surface area contributed by atoms with Gasteiger partial charge in [0.2, 0.25) is 10.0 Å². The van der Waals surface area contributed by atoms with Crippen LogP contribution in [0.4, 0.5) is 0 Å². The Balaban J connectivity index is 2.18. The van der Waals surface area contributed by atoms with Gasteiger partial charge in [0.15, 0.2) is 11.0 Å². The lowest BCUT2D eigenvalue weighted by atomic mass is 10.1. The summed E-state index contributed by atoms with van der Waals surface area (Å²) >= 11 is 0. The van der Waals surface area contributed by atoms with Gasteiger partial charge in [-0.25, -0.2) is 18.2 Å². The maximum Gasteiger partial charge on any atom is 0.225 e. The Hall–Kier alpha value is -2.77. The molecule has 1 aromatic heterocycles. The first-order valence-corrected chi connectivity index (χ1v) is 9.22. The van der Waals surface area contributed by atoms with E-state index in [4.69, 9.17) is 5.14 Å². The molecule has 0 saturated heterocycles. The minimum atomic E-state index is -4.19. The van der Waals surface area contributed by atoms with Crippen molar-refractivity contribution in [1.29, 1.82) is 0 Å². The number of aryl methyl sites for hydroxylation is 1. The van der Waals surface area contributed by atoms with Crippen molar-refractivity contribution in [1.82, 2.24) is 9.78 Å². The predicted molar refractivity (Wildman–Crippen MR) is 94.9 cm³/mol. The molecule has 1 atom stereocenters. The van der Waals surface area contributed by atoms with E-state index in [9.17, 15) is 13.2 Å². The molecule has 0 radical (unpaired) electrons. The molecule has 1 heterocycles. The number of ketones is 1. The number of nitrogens with zero attached hydrogens (tertiary/aromatic N) is 2. The largest absolute Gasteiger partial charge is 0.292 e. The summed E-state index contributed by atoms with van der Waals surface area (Å²) in [6, 6.07) is 18.8. The number of para-hydroxylation sites is 1. The minimum Gasteiger partial charge on any atom is -0.292 e. The summed E-state index contributed by atoms with van der Waals surface area (Å²) in [5, 5.41) is 8.22. The van der Waals surface area contributed by atoms with Crippen LogP contribution in [-0.4, -0.2) is 24.0 Å². The number of primary sulfonamides is 1. The average molecular weight is 355 g/mol. The zero-order valence-electron chi connectivity index (χ0n) is 13.5. The Morgan fingerprint density at radius 3 is 2.16 bits per heavy atom. The highest BCUT2D eigenvalue weighted by Crippen LogP contribution is 2.28. The van der Waals surface area contributed by atoms with Crippen LogP contribution in [0.3, 0.4) is 0 Å². The first-order valence-electron chi connectivity index (χ1n) is 7.61. The Kier molecular flexibility index (Phi) is 4.52. The summed E-state index contributed by atoms with van der Waals surface area (Å²) in [6.45, 7) is 1.73. The fraction of sp³-hybridized carbons (Fsp3) is 0.111. The lowest BCUT2D eigenvalue weighted by Gasteiger charge is -2.16. The van der Waals surface area contributed by atoms with Crippen molar-refractivity contribution in [3.05, 3.63) is 83.7 Å². The van der Waals surface area contributed by atoms with Crippen LogP contribution in [0.5, 0.6) is 0 Å². The quantitative estimate of drug-likeness (QED) is 0.711. The number of sulfonamides is 1. The molecule has 0 aliphatic heterocycles. The van der Waals surface area contributed by atoms with Gasteiger partial charge in [-0.2, -0.15) is 5.10 Å². The predicted octanol–water partition coefficient (Wildman–Crippen LogP) is 2.39. The Morgan fingerprint density at radius 2 is 1.60 bits per heavy atom. The number of rotatable bonds is 5. The lowest BCUT2D eigenvalue weighted by molar-refractivity contribution is 0.0985. The van der Waals surface area contributed by atoms with Gasteiger partial charge in [-0.1, -0.05) is 48.5 Å². The third kappa shape index (κ3) is 3.52. The van der Waals surface area contributed by atoms with Crippen molar-refractivity contribution < 1.29 is 13.2 Å². The van der Waals surface area contributed by atoms with E-state index in [0.29, 0.717) is 11.4 Å². The second kappa shape index (κ2) is 6.62. The van der Waals surface area contributed by atoms with Crippen molar-refractivity contribution in [3.8, 4) is 5.69 Å². The first-order chi connectivity index (χ1) is 11.9. The van der Waals surface area contributed by atoms with E-state index < -0.39 is 21.1 Å². The molecule has 7 heteroatoms. The average Bonchev–Trinajstić information content (AvgIpc) is 2.96. The van der Waals surface area contributed by atoms with Gasteiger partial charge in [0.05, 0.1) is 17.1 Å². The zero-order valence-corrected chi connectivity index (χ0v) is 14.3. The number of benzene rings is 2. The van der Waals surface area contributed by atoms with Crippen LogP contribution < -0.4 is 5.14 Å². The topological polar surface area (TPSA) is 95.0 Å². The molecule has 6 nitrogen and oxygen atoms in total. The third-order valence-corrected chi connectivity index (χ3v) is 4.87. The molecular formula is C18H17N3O3S. The number of Topliss-reactive ketones (excluding diaryl/α,β-unsaturated/α-hetero) is 1. The van der Waals surface area contributed by atoms with Gasteiger partial charge in [-0.15, -0.1) is 0 Å². The number of aromatic nitrogens is 2. The standard InChI is InChI=1S/C18H17N3O3S/c1-13-12-16(21(20-13)15-10-6-3-7-11-15)18(25(19,23)24)17(22)14-8-4-2-5-9-14/h2-12,18H,1H3,(H2,19,23,24). The molecule has 2 aromatic carbocycles. The van der Waals surface area contributed by atoms with Crippen LogP contribution in [-0.2, 0) is 10.0 Å². The van der Waals surface area contributed by atoms with E-state index in [-0.39, 0.29) is 11.3 Å². The molecule has 3 aromatic rings. The second-order valence-electron chi connectivity index (χ2n) is 5.66. The van der Waals surface area contributed by atoms with E-state index in [0.717, 1.165) is 0 Å². The van der Waals surface area contributed by atoms with Crippen LogP contribution in [0.25, 0.3) is 5.69 Å². The summed E-state index contributed by atoms with van der Waals surface area (Å²) in [7, 11) is -4.19. The molecule has 0 aliphatic rings. The molecule has 0 spiro atoms. The summed E-state index contributed by atoms with van der Waals surface area (Å²) < 4.78 is 26.0. The van der Waals surface area contributed by atoms with Crippen LogP contribution in [0.15, 0.2) is 66.7 Å². The Bertz CT molecular complexity index is 997. The van der Waals surface area contributed by atoms with E-state index in [1.54, 1.807) is 67.6 Å². The Labute approximate surface area is 146 Å². The Morgan fingerprint density at radius 1 is 1.04 bits per heavy atom. The fourth-order valence-electron chi connectivity index (χ4n) is 2.69. The molecule has 25 heavy (non-hydrogen) atoms. The van der Waals surface area contributed by atoms with Gasteiger partial charge in [0, 0.05) is 5.56 Å². The third-order valence-electron chi connectivity index (χ3n) is 3.75. The maximum absolute atomic E-state index is 12.9. The number of nitrogens with two attached hydrogens (primary N) is 1. The van der Waals surface area contributed by atoms with E-state index >= 15 is 0 Å². The van der Waals surface area contributed by atoms with Gasteiger partial charge in [0.1, 0.15) is 0 Å². The van der Waals surface area contributed by atoms with Gasteiger partial charge in [-0.05, 0) is 25.1 Å². The van der Waals surface area contributed by atoms with Crippen LogP contribution >= 0.6 is 0 Å². The van der Waals surface area contributed by atoms with E-state index in [2.05, 4.69) is 5.10 Å². The molecule has 0 saturated carbocycles. The highest BCUT2D eigenvalue weighted by Gasteiger charge is 2.35. The van der Waals surface area contributed by atoms with Crippen LogP contribution in [0, 0.1) is 6.92 Å². The smallest absolute Gasteiger partial charge is 0.225 e. The van der Waals surface area contributed by atoms with Crippen molar-refractivity contribution >= 4 is 15.8 Å². The second-order valence-corrected chi connectivity index (χ2v) is 7.31. The van der Waals surface area contributed by atoms with Gasteiger partial charge in [0.25, 0.3) is 0 Å². The van der Waals surface area contributed by atoms with E-state index in [1.807, 2.05) is 6.07 Å². The number of carbonyl (C=O) groups is 1. The molecule has 0 amide bonds. The first kappa shape index (κ1) is 17.1. The molecule has 2 N–H and O–H groups in total. The highest BCUT2D eigenvalue weighted by molar-refractivity contribution is 7.90. The number of hydrogen-bond acceptors (Lipinski definition) is 4. The molecule has 0 bridgehead atoms. The molecule has 3 rings (SSSR count). The molecule has 1 unspecified atom stereocenters. The summed E-state index contributed by atoms with van der Waals surface area (Å²) in [6.07, 6.45) is 0. The van der Waals surface area contributed by atoms with Crippen LogP contribution in [0.2, 0.25) is 0 Å². The van der Waals surface area contributed by atoms with Gasteiger partial charge in [-0.3, -0.25) is 4.79 Å². The molecule has 128 valence electrons. The monoisotopic (exact) mass is 355 g/mol. The lowest BCUT2D eigenvalue weighted by Crippen LogP contribution is -2.30. The van der Waals surface area contributed by atoms with E-state index in [1.165, 1.54) is 4.68 Å². The number of hydrogen-bond donors (Lipinski definition) is 1. The maximum atomic E-state index is 12.9.